The number of carbonyl (C=O) groups is 1. The second-order valence-corrected chi connectivity index (χ2v) is 6.65. The van der Waals surface area contributed by atoms with Gasteiger partial charge in [-0.05, 0) is 48.0 Å². The zero-order valence-electron chi connectivity index (χ0n) is 15.8. The number of ketones is 1. The van der Waals surface area contributed by atoms with Gasteiger partial charge in [-0.15, -0.1) is 0 Å². The Morgan fingerprint density at radius 2 is 1.86 bits per heavy atom. The van der Waals surface area contributed by atoms with Crippen molar-refractivity contribution in [1.29, 1.82) is 5.26 Å². The first-order valence-corrected chi connectivity index (χ1v) is 9.02. The first kappa shape index (κ1) is 19.1. The van der Waals surface area contributed by atoms with Gasteiger partial charge in [0.15, 0.2) is 5.78 Å². The van der Waals surface area contributed by atoms with Crippen molar-refractivity contribution in [2.45, 2.75) is 20.3 Å². The van der Waals surface area contributed by atoms with Crippen molar-refractivity contribution in [2.75, 3.05) is 10.6 Å². The van der Waals surface area contributed by atoms with E-state index >= 15 is 0 Å². The van der Waals surface area contributed by atoms with Crippen LogP contribution in [0.5, 0.6) is 0 Å². The number of anilines is 4. The summed E-state index contributed by atoms with van der Waals surface area (Å²) in [5.74, 6) is 1.17. The molecule has 1 aromatic heterocycles. The molecule has 6 nitrogen and oxygen atoms in total. The van der Waals surface area contributed by atoms with Crippen LogP contribution in [-0.2, 0) is 6.42 Å². The lowest BCUT2D eigenvalue weighted by atomic mass is 10.0. The Hall–Kier alpha value is -3.72. The Morgan fingerprint density at radius 3 is 2.57 bits per heavy atom. The topological polar surface area (TPSA) is 90.7 Å². The van der Waals surface area contributed by atoms with Gasteiger partial charge in [-0.2, -0.15) is 10.2 Å². The van der Waals surface area contributed by atoms with Crippen molar-refractivity contribution in [3.63, 3.8) is 0 Å². The van der Waals surface area contributed by atoms with Gasteiger partial charge < -0.3 is 10.6 Å². The number of aromatic nitrogens is 2. The molecule has 0 fully saturated rings. The quantitative estimate of drug-likeness (QED) is 0.576. The molecule has 0 atom stereocenters. The van der Waals surface area contributed by atoms with Crippen LogP contribution < -0.4 is 10.6 Å². The smallest absolute Gasteiger partial charge is 0.229 e. The summed E-state index contributed by atoms with van der Waals surface area (Å²) < 4.78 is 0. The van der Waals surface area contributed by atoms with E-state index in [0.29, 0.717) is 23.8 Å². The largest absolute Gasteiger partial charge is 0.340 e. The third kappa shape index (κ3) is 4.92. The number of nitriles is 1. The molecule has 2 N–H and O–H groups in total. The second-order valence-electron chi connectivity index (χ2n) is 6.65. The van der Waals surface area contributed by atoms with Crippen molar-refractivity contribution in [1.82, 2.24) is 9.97 Å². The number of nitrogens with zero attached hydrogens (tertiary/aromatic N) is 3. The van der Waals surface area contributed by atoms with Crippen LogP contribution in [0.25, 0.3) is 0 Å². The first-order chi connectivity index (χ1) is 13.5. The predicted molar refractivity (Wildman–Crippen MR) is 110 cm³/mol. The Kier molecular flexibility index (Phi) is 5.97. The number of nitrogens with one attached hydrogen (secondary N) is 2. The SMILES string of the molecule is CC(C)C(=O)c1ccc(Nc2nccc(Nc3cccc(CC#N)c3)n2)cc1. The molecular weight excluding hydrogens is 350 g/mol. The van der Waals surface area contributed by atoms with Crippen molar-refractivity contribution >= 4 is 28.9 Å². The lowest BCUT2D eigenvalue weighted by molar-refractivity contribution is 0.0939. The molecule has 0 radical (unpaired) electrons. The summed E-state index contributed by atoms with van der Waals surface area (Å²) in [6.45, 7) is 3.77. The van der Waals surface area contributed by atoms with Gasteiger partial charge in [-0.3, -0.25) is 4.79 Å². The number of benzene rings is 2. The molecule has 1 heterocycles. The number of carbonyl (C=O) groups excluding carboxylic acids is 1. The monoisotopic (exact) mass is 371 g/mol. The molecule has 0 aliphatic carbocycles. The minimum absolute atomic E-state index is 0.0310. The predicted octanol–water partition coefficient (Wildman–Crippen LogP) is 4.87. The number of Topliss-reactive ketones (excluding diaryl/α,β-unsaturated/α-hetero) is 1. The maximum Gasteiger partial charge on any atom is 0.229 e. The molecule has 0 aliphatic heterocycles. The molecule has 0 aliphatic rings. The summed E-state index contributed by atoms with van der Waals surface area (Å²) in [5.41, 5.74) is 3.28. The van der Waals surface area contributed by atoms with E-state index in [1.165, 1.54) is 0 Å². The minimum Gasteiger partial charge on any atom is -0.340 e. The van der Waals surface area contributed by atoms with E-state index < -0.39 is 0 Å². The van der Waals surface area contributed by atoms with E-state index in [1.807, 2.05) is 50.2 Å². The van der Waals surface area contributed by atoms with Crippen molar-refractivity contribution in [3.8, 4) is 6.07 Å². The summed E-state index contributed by atoms with van der Waals surface area (Å²) in [7, 11) is 0. The van der Waals surface area contributed by atoms with Gasteiger partial charge in [0.05, 0.1) is 12.5 Å². The molecular formula is C22H21N5O. The van der Waals surface area contributed by atoms with Gasteiger partial charge in [0.25, 0.3) is 0 Å². The molecule has 3 rings (SSSR count). The highest BCUT2D eigenvalue weighted by Gasteiger charge is 2.10. The molecule has 6 heteroatoms. The van der Waals surface area contributed by atoms with Crippen molar-refractivity contribution in [2.24, 2.45) is 5.92 Å². The second kappa shape index (κ2) is 8.78. The van der Waals surface area contributed by atoms with Gasteiger partial charge in [0.2, 0.25) is 5.95 Å². The standard InChI is InChI=1S/C22H21N5O/c1-15(2)21(28)17-6-8-18(9-7-17)26-22-24-13-11-20(27-22)25-19-5-3-4-16(14-19)10-12-23/h3-9,11,13-15H,10H2,1-2H3,(H2,24,25,26,27). The lowest BCUT2D eigenvalue weighted by Crippen LogP contribution is -2.07. The van der Waals surface area contributed by atoms with Crippen LogP contribution >= 0.6 is 0 Å². The third-order valence-corrected chi connectivity index (χ3v) is 4.09. The summed E-state index contributed by atoms with van der Waals surface area (Å²) in [4.78, 5) is 20.7. The summed E-state index contributed by atoms with van der Waals surface area (Å²) in [6, 6.07) is 18.8. The van der Waals surface area contributed by atoms with E-state index in [9.17, 15) is 4.79 Å². The molecule has 28 heavy (non-hydrogen) atoms. The van der Waals surface area contributed by atoms with Crippen molar-refractivity contribution < 1.29 is 4.79 Å². The molecule has 0 saturated carbocycles. The average Bonchev–Trinajstić information content (AvgIpc) is 2.69. The van der Waals surface area contributed by atoms with Gasteiger partial charge in [0.1, 0.15) is 5.82 Å². The maximum absolute atomic E-state index is 12.0. The zero-order valence-corrected chi connectivity index (χ0v) is 15.8. The third-order valence-electron chi connectivity index (χ3n) is 4.09. The van der Waals surface area contributed by atoms with Gasteiger partial charge >= 0.3 is 0 Å². The molecule has 0 spiro atoms. The van der Waals surface area contributed by atoms with Gasteiger partial charge in [-0.1, -0.05) is 26.0 Å². The van der Waals surface area contributed by atoms with Crippen LogP contribution in [0.1, 0.15) is 29.8 Å². The summed E-state index contributed by atoms with van der Waals surface area (Å²) in [6.07, 6.45) is 2.02. The average molecular weight is 371 g/mol. The minimum atomic E-state index is -0.0310. The van der Waals surface area contributed by atoms with E-state index in [0.717, 1.165) is 16.9 Å². The highest BCUT2D eigenvalue weighted by atomic mass is 16.1. The molecule has 0 saturated heterocycles. The number of hydrogen-bond acceptors (Lipinski definition) is 6. The highest BCUT2D eigenvalue weighted by Crippen LogP contribution is 2.19. The van der Waals surface area contributed by atoms with Crippen LogP contribution in [0.2, 0.25) is 0 Å². The highest BCUT2D eigenvalue weighted by molar-refractivity contribution is 5.97. The van der Waals surface area contributed by atoms with E-state index in [2.05, 4.69) is 26.7 Å². The summed E-state index contributed by atoms with van der Waals surface area (Å²) in [5, 5.41) is 15.2. The molecule has 3 aromatic rings. The molecule has 0 amide bonds. The Labute approximate surface area is 164 Å². The van der Waals surface area contributed by atoms with E-state index in [4.69, 9.17) is 5.26 Å². The van der Waals surface area contributed by atoms with E-state index in [-0.39, 0.29) is 11.7 Å². The maximum atomic E-state index is 12.0. The Balaban J connectivity index is 1.71. The fourth-order valence-electron chi connectivity index (χ4n) is 2.67. The van der Waals surface area contributed by atoms with Crippen molar-refractivity contribution in [3.05, 3.63) is 71.9 Å². The zero-order chi connectivity index (χ0) is 19.9. The molecule has 0 unspecified atom stereocenters. The van der Waals surface area contributed by atoms with Gasteiger partial charge in [-0.25, -0.2) is 4.98 Å². The number of hydrogen-bond donors (Lipinski definition) is 2. The van der Waals surface area contributed by atoms with E-state index in [1.54, 1.807) is 24.4 Å². The van der Waals surface area contributed by atoms with Crippen LogP contribution in [0.4, 0.5) is 23.1 Å². The van der Waals surface area contributed by atoms with Gasteiger partial charge in [0, 0.05) is 29.1 Å². The van der Waals surface area contributed by atoms with Crippen LogP contribution in [0.15, 0.2) is 60.8 Å². The fraction of sp³-hybridized carbons (Fsp3) is 0.182. The number of rotatable bonds is 7. The normalized spacial score (nSPS) is 10.4. The lowest BCUT2D eigenvalue weighted by Gasteiger charge is -2.10. The fourth-order valence-corrected chi connectivity index (χ4v) is 2.67. The first-order valence-electron chi connectivity index (χ1n) is 9.02. The van der Waals surface area contributed by atoms with Crippen LogP contribution in [0.3, 0.4) is 0 Å². The molecule has 0 bridgehead atoms. The van der Waals surface area contributed by atoms with Crippen LogP contribution in [-0.4, -0.2) is 15.8 Å². The van der Waals surface area contributed by atoms with Crippen LogP contribution in [0, 0.1) is 17.2 Å². The molecule has 2 aromatic carbocycles. The Morgan fingerprint density at radius 1 is 1.07 bits per heavy atom. The molecule has 140 valence electrons. The summed E-state index contributed by atoms with van der Waals surface area (Å²) >= 11 is 0. The Bertz CT molecular complexity index is 1010.